The summed E-state index contributed by atoms with van der Waals surface area (Å²) in [5.74, 6) is -5.73. The van der Waals surface area contributed by atoms with E-state index in [2.05, 4.69) is 10.6 Å². The van der Waals surface area contributed by atoms with Gasteiger partial charge in [0.05, 0.1) is 24.8 Å². The monoisotopic (exact) mass is 570 g/mol. The van der Waals surface area contributed by atoms with E-state index in [9.17, 15) is 44.4 Å². The molecular weight excluding hydrogens is 540 g/mol. The lowest BCUT2D eigenvalue weighted by Crippen LogP contribution is -2.67. The maximum atomic E-state index is 13.0. The summed E-state index contributed by atoms with van der Waals surface area (Å²) in [6.07, 6.45) is -7.15. The summed E-state index contributed by atoms with van der Waals surface area (Å²) in [5.41, 5.74) is 0.706. The molecular formula is C28H30N2O11. The average Bonchev–Trinajstić information content (AvgIpc) is 2.96. The first-order chi connectivity index (χ1) is 19.4. The molecule has 0 bridgehead atoms. The van der Waals surface area contributed by atoms with Gasteiger partial charge in [-0.05, 0) is 25.1 Å². The van der Waals surface area contributed by atoms with E-state index < -0.39 is 66.9 Å². The minimum Gasteiger partial charge on any atom is -0.477 e. The Morgan fingerprint density at radius 2 is 1.66 bits per heavy atom. The van der Waals surface area contributed by atoms with Crippen LogP contribution in [0.25, 0.3) is 0 Å². The highest BCUT2D eigenvalue weighted by Crippen LogP contribution is 2.33. The number of ketones is 3. The number of fused-ring (bicyclic) bond motifs is 2. The Morgan fingerprint density at radius 1 is 1.05 bits per heavy atom. The maximum absolute atomic E-state index is 13.0. The summed E-state index contributed by atoms with van der Waals surface area (Å²) in [6.45, 7) is 0.492. The van der Waals surface area contributed by atoms with Crippen molar-refractivity contribution in [1.29, 1.82) is 0 Å². The molecule has 6 N–H and O–H groups in total. The molecule has 4 rings (SSSR count). The van der Waals surface area contributed by atoms with Crippen molar-refractivity contribution in [3.63, 3.8) is 0 Å². The molecule has 1 aliphatic heterocycles. The normalized spacial score (nSPS) is 25.0. The number of hydrogen-bond acceptors (Lipinski definition) is 11. The largest absolute Gasteiger partial charge is 0.477 e. The standard InChI is InChI=1S/C28H30N2O11/c1-13(31)11-29-21-19(32)10-28(40-2,27(38)39)41-25(21)24(36)20(33)12-30-26(37)14-7-8-17-18(9-14)23(35)16-6-4-3-5-15(16)22(17)34/h3-9,19-21,24-25,29,32-33,36H,10-12H2,1-2H3,(H,30,37)(H,38,39)/t19-,20+,21+,24?,25+,28+/m0/s1. The number of hydrogen-bond donors (Lipinski definition) is 6. The number of benzene rings is 2. The number of carboxylic acids is 1. The van der Waals surface area contributed by atoms with Crippen molar-refractivity contribution >= 4 is 29.2 Å². The van der Waals surface area contributed by atoms with Crippen molar-refractivity contribution in [2.75, 3.05) is 20.2 Å². The molecule has 13 nitrogen and oxygen atoms in total. The summed E-state index contributed by atoms with van der Waals surface area (Å²) >= 11 is 0. The molecule has 1 fully saturated rings. The van der Waals surface area contributed by atoms with E-state index in [4.69, 9.17) is 9.47 Å². The summed E-state index contributed by atoms with van der Waals surface area (Å²) in [4.78, 5) is 62.0. The Labute approximate surface area is 234 Å². The number of carbonyl (C=O) groups is 5. The molecule has 0 saturated carbocycles. The van der Waals surface area contributed by atoms with E-state index >= 15 is 0 Å². The smallest absolute Gasteiger partial charge is 0.364 e. The van der Waals surface area contributed by atoms with Crippen LogP contribution < -0.4 is 10.6 Å². The molecule has 13 heteroatoms. The molecule has 2 aromatic rings. The number of amides is 1. The van der Waals surface area contributed by atoms with Gasteiger partial charge in [-0.3, -0.25) is 19.2 Å². The van der Waals surface area contributed by atoms with Crippen LogP contribution in [0.15, 0.2) is 42.5 Å². The van der Waals surface area contributed by atoms with Crippen LogP contribution in [0.5, 0.6) is 0 Å². The minimum atomic E-state index is -2.34. The van der Waals surface area contributed by atoms with Gasteiger partial charge < -0.3 is 40.5 Å². The van der Waals surface area contributed by atoms with Gasteiger partial charge in [0, 0.05) is 47.9 Å². The number of aliphatic hydroxyl groups excluding tert-OH is 3. The van der Waals surface area contributed by atoms with Gasteiger partial charge in [-0.25, -0.2) is 4.79 Å². The Balaban J connectivity index is 1.49. The number of carboxylic acid groups (broad SMARTS) is 1. The molecule has 218 valence electrons. The molecule has 1 heterocycles. The number of carbonyl (C=O) groups excluding carboxylic acids is 4. The summed E-state index contributed by atoms with van der Waals surface area (Å²) < 4.78 is 10.5. The van der Waals surface area contributed by atoms with Crippen molar-refractivity contribution in [3.05, 3.63) is 70.3 Å². The van der Waals surface area contributed by atoms with E-state index in [0.29, 0.717) is 0 Å². The molecule has 0 spiro atoms. The van der Waals surface area contributed by atoms with Gasteiger partial charge in [0.2, 0.25) is 0 Å². The number of nitrogens with one attached hydrogen (secondary N) is 2. The zero-order chi connectivity index (χ0) is 30.1. The van der Waals surface area contributed by atoms with E-state index in [1.54, 1.807) is 18.2 Å². The fourth-order valence-corrected chi connectivity index (χ4v) is 4.99. The molecule has 1 unspecified atom stereocenters. The summed E-state index contributed by atoms with van der Waals surface area (Å²) in [5, 5.41) is 47.0. The third-order valence-electron chi connectivity index (χ3n) is 7.21. The van der Waals surface area contributed by atoms with Crippen LogP contribution in [-0.2, 0) is 19.1 Å². The number of methoxy groups -OCH3 is 1. The Hall–Kier alpha value is -3.85. The van der Waals surface area contributed by atoms with Gasteiger partial charge in [0.1, 0.15) is 18.0 Å². The molecule has 1 saturated heterocycles. The van der Waals surface area contributed by atoms with E-state index in [0.717, 1.165) is 7.11 Å². The second kappa shape index (κ2) is 11.9. The minimum absolute atomic E-state index is 0.0144. The number of aliphatic hydroxyl groups is 3. The second-order valence-corrected chi connectivity index (χ2v) is 9.96. The quantitative estimate of drug-likeness (QED) is 0.174. The van der Waals surface area contributed by atoms with Gasteiger partial charge in [-0.15, -0.1) is 0 Å². The predicted octanol–water partition coefficient (Wildman–Crippen LogP) is -0.962. The molecule has 6 atom stereocenters. The molecule has 1 amide bonds. The molecule has 0 radical (unpaired) electrons. The van der Waals surface area contributed by atoms with Crippen LogP contribution in [0.4, 0.5) is 0 Å². The highest BCUT2D eigenvalue weighted by atomic mass is 16.7. The van der Waals surface area contributed by atoms with Crippen LogP contribution in [0.2, 0.25) is 0 Å². The molecule has 2 aromatic carbocycles. The van der Waals surface area contributed by atoms with Gasteiger partial charge in [0.15, 0.2) is 11.6 Å². The van der Waals surface area contributed by atoms with Crippen molar-refractivity contribution in [1.82, 2.24) is 10.6 Å². The van der Waals surface area contributed by atoms with Crippen molar-refractivity contribution in [3.8, 4) is 0 Å². The second-order valence-electron chi connectivity index (χ2n) is 9.96. The highest BCUT2D eigenvalue weighted by Gasteiger charge is 2.54. The Bertz CT molecular complexity index is 1390. The van der Waals surface area contributed by atoms with Crippen molar-refractivity contribution in [2.24, 2.45) is 0 Å². The highest BCUT2D eigenvalue weighted by molar-refractivity contribution is 6.28. The topological polar surface area (TPSA) is 209 Å². The number of aliphatic carboxylic acids is 1. The van der Waals surface area contributed by atoms with Crippen molar-refractivity contribution in [2.45, 2.75) is 49.6 Å². The van der Waals surface area contributed by atoms with Crippen molar-refractivity contribution < 1.29 is 53.9 Å². The van der Waals surface area contributed by atoms with E-state index in [1.165, 1.54) is 31.2 Å². The zero-order valence-corrected chi connectivity index (χ0v) is 22.2. The molecule has 0 aromatic heterocycles. The number of rotatable bonds is 10. The SMILES string of the molecule is CO[C@]1(C(=O)O)C[C@H](O)[C@@H](NCC(C)=O)[C@H](C(O)[C@H](O)CNC(=O)c2ccc3c(c2)C(=O)c2ccccc2C3=O)O1. The molecule has 1 aliphatic carbocycles. The van der Waals surface area contributed by atoms with Gasteiger partial charge in [0.25, 0.3) is 11.7 Å². The van der Waals surface area contributed by atoms with Crippen LogP contribution >= 0.6 is 0 Å². The summed E-state index contributed by atoms with van der Waals surface area (Å²) in [7, 11) is 1.04. The van der Waals surface area contributed by atoms with Crippen LogP contribution in [0, 0.1) is 0 Å². The number of Topliss-reactive ketones (excluding diaryl/α,β-unsaturated/α-hetero) is 1. The van der Waals surface area contributed by atoms with Crippen LogP contribution in [0.1, 0.15) is 55.5 Å². The fourth-order valence-electron chi connectivity index (χ4n) is 4.99. The lowest BCUT2D eigenvalue weighted by Gasteiger charge is -2.46. The maximum Gasteiger partial charge on any atom is 0.364 e. The Morgan fingerprint density at radius 3 is 2.24 bits per heavy atom. The zero-order valence-electron chi connectivity index (χ0n) is 22.2. The van der Waals surface area contributed by atoms with E-state index in [1.807, 2.05) is 0 Å². The Kier molecular flexibility index (Phi) is 8.77. The van der Waals surface area contributed by atoms with E-state index in [-0.39, 0.29) is 45.9 Å². The lowest BCUT2D eigenvalue weighted by atomic mass is 9.83. The molecule has 2 aliphatic rings. The van der Waals surface area contributed by atoms with Gasteiger partial charge in [-0.2, -0.15) is 0 Å². The van der Waals surface area contributed by atoms with Crippen LogP contribution in [0.3, 0.4) is 0 Å². The van der Waals surface area contributed by atoms with Gasteiger partial charge in [-0.1, -0.05) is 24.3 Å². The fraction of sp³-hybridized carbons (Fsp3) is 0.393. The third-order valence-corrected chi connectivity index (χ3v) is 7.21. The third kappa shape index (κ3) is 5.81. The predicted molar refractivity (Wildman–Crippen MR) is 139 cm³/mol. The first-order valence-corrected chi connectivity index (χ1v) is 12.7. The summed E-state index contributed by atoms with van der Waals surface area (Å²) in [6, 6.07) is 9.15. The number of ether oxygens (including phenoxy) is 2. The van der Waals surface area contributed by atoms with Gasteiger partial charge >= 0.3 is 5.97 Å². The first-order valence-electron chi connectivity index (χ1n) is 12.7. The van der Waals surface area contributed by atoms with Crippen LogP contribution in [-0.4, -0.2) is 106 Å². The lowest BCUT2D eigenvalue weighted by molar-refractivity contribution is -0.303. The average molecular weight is 571 g/mol. The first kappa shape index (κ1) is 30.1. The molecule has 41 heavy (non-hydrogen) atoms.